The molecule has 0 saturated carbocycles. The van der Waals surface area contributed by atoms with Gasteiger partial charge in [-0.15, -0.1) is 10.2 Å². The second-order valence-electron chi connectivity index (χ2n) is 5.92. The molecule has 0 fully saturated rings. The van der Waals surface area contributed by atoms with E-state index in [2.05, 4.69) is 36.7 Å². The Morgan fingerprint density at radius 2 is 2.17 bits per heavy atom. The SMILES string of the molecule is COc1cc(/C=N\NC(=O)Cc2nnc(N)s2)cc(Br)c1OCc1ccccc1Cl. The summed E-state index contributed by atoms with van der Waals surface area (Å²) in [6.45, 7) is 0.286. The van der Waals surface area contributed by atoms with Crippen LogP contribution in [-0.4, -0.2) is 29.4 Å². The molecule has 3 N–H and O–H groups in total. The van der Waals surface area contributed by atoms with Gasteiger partial charge in [0.1, 0.15) is 11.6 Å². The average molecular weight is 511 g/mol. The molecule has 0 saturated heterocycles. The van der Waals surface area contributed by atoms with E-state index in [1.54, 1.807) is 25.3 Å². The Labute approximate surface area is 190 Å². The minimum atomic E-state index is -0.326. The van der Waals surface area contributed by atoms with Crippen LogP contribution in [0.5, 0.6) is 11.5 Å². The van der Waals surface area contributed by atoms with Gasteiger partial charge in [0, 0.05) is 10.6 Å². The van der Waals surface area contributed by atoms with Crippen LogP contribution in [0.25, 0.3) is 0 Å². The summed E-state index contributed by atoms with van der Waals surface area (Å²) in [5.41, 5.74) is 9.49. The number of aromatic nitrogens is 2. The molecule has 3 aromatic rings. The molecule has 0 aliphatic rings. The number of nitrogens with two attached hydrogens (primary N) is 1. The number of nitrogen functional groups attached to an aromatic ring is 1. The maximum Gasteiger partial charge on any atom is 0.247 e. The zero-order valence-corrected chi connectivity index (χ0v) is 18.9. The first-order valence-corrected chi connectivity index (χ1v) is 10.6. The molecule has 11 heteroatoms. The Bertz CT molecular complexity index is 1080. The topological polar surface area (TPSA) is 112 Å². The van der Waals surface area contributed by atoms with Crippen molar-refractivity contribution in [2.75, 3.05) is 12.8 Å². The maximum absolute atomic E-state index is 11.9. The lowest BCUT2D eigenvalue weighted by Crippen LogP contribution is -2.19. The molecule has 1 heterocycles. The number of benzene rings is 2. The molecule has 0 unspecified atom stereocenters. The predicted molar refractivity (Wildman–Crippen MR) is 120 cm³/mol. The van der Waals surface area contributed by atoms with Crippen LogP contribution in [0.3, 0.4) is 0 Å². The number of hydrazone groups is 1. The maximum atomic E-state index is 11.9. The third kappa shape index (κ3) is 5.91. The molecule has 0 atom stereocenters. The monoisotopic (exact) mass is 509 g/mol. The van der Waals surface area contributed by atoms with Crippen molar-refractivity contribution in [3.8, 4) is 11.5 Å². The molecule has 156 valence electrons. The number of nitrogens with one attached hydrogen (secondary N) is 1. The molecule has 0 bridgehead atoms. The summed E-state index contributed by atoms with van der Waals surface area (Å²) in [5.74, 6) is 0.717. The minimum absolute atomic E-state index is 0.0496. The van der Waals surface area contributed by atoms with Crippen LogP contribution >= 0.6 is 38.9 Å². The lowest BCUT2D eigenvalue weighted by molar-refractivity contribution is -0.120. The number of anilines is 1. The summed E-state index contributed by atoms with van der Waals surface area (Å²) in [6, 6.07) is 11.0. The molecule has 1 amide bonds. The van der Waals surface area contributed by atoms with Gasteiger partial charge >= 0.3 is 0 Å². The van der Waals surface area contributed by atoms with Crippen molar-refractivity contribution in [1.82, 2.24) is 15.6 Å². The summed E-state index contributed by atoms with van der Waals surface area (Å²) in [4.78, 5) is 11.9. The minimum Gasteiger partial charge on any atom is -0.493 e. The number of carbonyl (C=O) groups is 1. The van der Waals surface area contributed by atoms with Crippen LogP contribution in [0.15, 0.2) is 46.0 Å². The van der Waals surface area contributed by atoms with Crippen LogP contribution < -0.4 is 20.6 Å². The second-order valence-corrected chi connectivity index (χ2v) is 8.27. The predicted octanol–water partition coefficient (Wildman–Crippen LogP) is 3.82. The van der Waals surface area contributed by atoms with Crippen molar-refractivity contribution >= 4 is 56.1 Å². The first-order chi connectivity index (χ1) is 14.5. The number of carbonyl (C=O) groups excluding carboxylic acids is 1. The fourth-order valence-corrected chi connectivity index (χ4v) is 3.79. The van der Waals surface area contributed by atoms with Crippen molar-refractivity contribution < 1.29 is 14.3 Å². The van der Waals surface area contributed by atoms with Gasteiger partial charge in [-0.3, -0.25) is 4.79 Å². The highest BCUT2D eigenvalue weighted by atomic mass is 79.9. The van der Waals surface area contributed by atoms with E-state index in [1.165, 1.54) is 6.21 Å². The van der Waals surface area contributed by atoms with Crippen LogP contribution in [0.1, 0.15) is 16.1 Å². The van der Waals surface area contributed by atoms with Crippen molar-refractivity contribution in [3.05, 3.63) is 62.0 Å². The van der Waals surface area contributed by atoms with E-state index in [0.717, 1.165) is 16.9 Å². The molecule has 30 heavy (non-hydrogen) atoms. The highest BCUT2D eigenvalue weighted by Crippen LogP contribution is 2.37. The van der Waals surface area contributed by atoms with E-state index in [1.807, 2.05) is 18.2 Å². The molecule has 3 rings (SSSR count). The number of halogens is 2. The first kappa shape index (κ1) is 22.0. The molecule has 0 spiro atoms. The van der Waals surface area contributed by atoms with Crippen LogP contribution in [0, 0.1) is 0 Å². The van der Waals surface area contributed by atoms with Crippen molar-refractivity contribution in [1.29, 1.82) is 0 Å². The molecular formula is C19H17BrClN5O3S. The summed E-state index contributed by atoms with van der Waals surface area (Å²) in [5, 5.41) is 12.9. The lowest BCUT2D eigenvalue weighted by atomic mass is 10.2. The van der Waals surface area contributed by atoms with Gasteiger partial charge in [-0.25, -0.2) is 5.43 Å². The standard InChI is InChI=1S/C19H17BrClN5O3S/c1-28-15-7-11(9-23-24-16(27)8-17-25-26-19(22)30-17)6-13(20)18(15)29-10-12-4-2-3-5-14(12)21/h2-7,9H,8,10H2,1H3,(H2,22,26)(H,24,27)/b23-9-. The number of rotatable bonds is 8. The molecular weight excluding hydrogens is 494 g/mol. The summed E-state index contributed by atoms with van der Waals surface area (Å²) in [6.07, 6.45) is 1.55. The number of methoxy groups -OCH3 is 1. The van der Waals surface area contributed by atoms with Crippen LogP contribution in [0.2, 0.25) is 5.02 Å². The Kier molecular flexibility index (Phi) is 7.61. The second kappa shape index (κ2) is 10.4. The van der Waals surface area contributed by atoms with E-state index >= 15 is 0 Å². The van der Waals surface area contributed by atoms with Gasteiger partial charge in [0.25, 0.3) is 0 Å². The zero-order valence-electron chi connectivity index (χ0n) is 15.8. The first-order valence-electron chi connectivity index (χ1n) is 8.59. The number of hydrogen-bond acceptors (Lipinski definition) is 8. The Hall–Kier alpha value is -2.69. The van der Waals surface area contributed by atoms with Gasteiger partial charge in [0.2, 0.25) is 11.0 Å². The molecule has 2 aromatic carbocycles. The van der Waals surface area contributed by atoms with Crippen LogP contribution in [0.4, 0.5) is 5.13 Å². The van der Waals surface area contributed by atoms with Gasteiger partial charge in [0.05, 0.1) is 24.2 Å². The van der Waals surface area contributed by atoms with E-state index in [4.69, 9.17) is 26.8 Å². The number of hydrogen-bond donors (Lipinski definition) is 2. The third-order valence-corrected chi connectivity index (χ3v) is 5.49. The molecule has 8 nitrogen and oxygen atoms in total. The van der Waals surface area contributed by atoms with Gasteiger partial charge in [-0.05, 0) is 39.7 Å². The quantitative estimate of drug-likeness (QED) is 0.352. The van der Waals surface area contributed by atoms with E-state index in [9.17, 15) is 4.79 Å². The van der Waals surface area contributed by atoms with Gasteiger partial charge < -0.3 is 15.2 Å². The Morgan fingerprint density at radius 1 is 1.37 bits per heavy atom. The Morgan fingerprint density at radius 3 is 2.87 bits per heavy atom. The van der Waals surface area contributed by atoms with E-state index < -0.39 is 0 Å². The van der Waals surface area contributed by atoms with Gasteiger partial charge in [-0.2, -0.15) is 5.10 Å². The summed E-state index contributed by atoms with van der Waals surface area (Å²) in [7, 11) is 1.54. The third-order valence-electron chi connectivity index (χ3n) is 3.78. The van der Waals surface area contributed by atoms with E-state index in [0.29, 0.717) is 36.7 Å². The molecule has 0 aliphatic heterocycles. The smallest absolute Gasteiger partial charge is 0.247 e. The van der Waals surface area contributed by atoms with Crippen molar-refractivity contribution in [2.24, 2.45) is 5.10 Å². The van der Waals surface area contributed by atoms with Crippen LogP contribution in [-0.2, 0) is 17.8 Å². The van der Waals surface area contributed by atoms with E-state index in [-0.39, 0.29) is 18.9 Å². The largest absolute Gasteiger partial charge is 0.493 e. The number of amides is 1. The highest BCUT2D eigenvalue weighted by molar-refractivity contribution is 9.10. The van der Waals surface area contributed by atoms with Crippen molar-refractivity contribution in [2.45, 2.75) is 13.0 Å². The number of ether oxygens (including phenoxy) is 2. The zero-order chi connectivity index (χ0) is 21.5. The average Bonchev–Trinajstić information content (AvgIpc) is 3.12. The van der Waals surface area contributed by atoms with Gasteiger partial charge in [-0.1, -0.05) is 41.1 Å². The molecule has 1 aromatic heterocycles. The number of nitrogens with zero attached hydrogens (tertiary/aromatic N) is 3. The normalized spacial score (nSPS) is 10.9. The van der Waals surface area contributed by atoms with Crippen molar-refractivity contribution in [3.63, 3.8) is 0 Å². The lowest BCUT2D eigenvalue weighted by Gasteiger charge is -2.14. The van der Waals surface area contributed by atoms with Gasteiger partial charge in [0.15, 0.2) is 11.5 Å². The Balaban J connectivity index is 1.64. The molecule has 0 radical (unpaired) electrons. The molecule has 0 aliphatic carbocycles. The highest BCUT2D eigenvalue weighted by Gasteiger charge is 2.13. The summed E-state index contributed by atoms with van der Waals surface area (Å²) < 4.78 is 12.0. The fourth-order valence-electron chi connectivity index (χ4n) is 2.41. The summed E-state index contributed by atoms with van der Waals surface area (Å²) >= 11 is 10.8. The fraction of sp³-hybridized carbons (Fsp3) is 0.158.